The summed E-state index contributed by atoms with van der Waals surface area (Å²) in [5.41, 5.74) is 1.02. The third kappa shape index (κ3) is 4.97. The highest BCUT2D eigenvalue weighted by Crippen LogP contribution is 2.21. The van der Waals surface area contributed by atoms with Gasteiger partial charge in [0.1, 0.15) is 0 Å². The van der Waals surface area contributed by atoms with Crippen molar-refractivity contribution in [3.8, 4) is 5.75 Å². The smallest absolute Gasteiger partial charge is 0.165 e. The zero-order valence-electron chi connectivity index (χ0n) is 13.2. The SMILES string of the molecule is CCCNCC1CCCN(Cc2ccc(OC)c(F)c2)C1. The first kappa shape index (κ1) is 16.2. The summed E-state index contributed by atoms with van der Waals surface area (Å²) in [5.74, 6) is 0.764. The number of ether oxygens (including phenoxy) is 1. The van der Waals surface area contributed by atoms with E-state index in [1.165, 1.54) is 26.4 Å². The highest BCUT2D eigenvalue weighted by atomic mass is 19.1. The van der Waals surface area contributed by atoms with Gasteiger partial charge in [-0.3, -0.25) is 4.90 Å². The third-order valence-corrected chi connectivity index (χ3v) is 4.09. The van der Waals surface area contributed by atoms with Gasteiger partial charge in [0.25, 0.3) is 0 Å². The van der Waals surface area contributed by atoms with E-state index in [1.54, 1.807) is 12.1 Å². The summed E-state index contributed by atoms with van der Waals surface area (Å²) < 4.78 is 18.7. The zero-order chi connectivity index (χ0) is 15.1. The van der Waals surface area contributed by atoms with Gasteiger partial charge in [-0.25, -0.2) is 4.39 Å². The summed E-state index contributed by atoms with van der Waals surface area (Å²) in [6.07, 6.45) is 3.71. The maximum Gasteiger partial charge on any atom is 0.165 e. The van der Waals surface area contributed by atoms with Crippen molar-refractivity contribution in [3.05, 3.63) is 29.6 Å². The molecule has 1 aliphatic rings. The molecular weight excluding hydrogens is 267 g/mol. The van der Waals surface area contributed by atoms with Crippen molar-refractivity contribution in [2.45, 2.75) is 32.7 Å². The van der Waals surface area contributed by atoms with Gasteiger partial charge in [-0.1, -0.05) is 13.0 Å². The Morgan fingerprint density at radius 2 is 2.29 bits per heavy atom. The van der Waals surface area contributed by atoms with Crippen molar-refractivity contribution in [1.29, 1.82) is 0 Å². The monoisotopic (exact) mass is 294 g/mol. The molecule has 1 unspecified atom stereocenters. The first-order valence-electron chi connectivity index (χ1n) is 7.98. The molecule has 1 aliphatic heterocycles. The van der Waals surface area contributed by atoms with Gasteiger partial charge in [-0.15, -0.1) is 0 Å². The van der Waals surface area contributed by atoms with Gasteiger partial charge in [0.2, 0.25) is 0 Å². The van der Waals surface area contributed by atoms with E-state index in [0.29, 0.717) is 11.7 Å². The Bertz CT molecular complexity index is 439. The molecule has 21 heavy (non-hydrogen) atoms. The lowest BCUT2D eigenvalue weighted by Crippen LogP contribution is -2.39. The molecule has 0 bridgehead atoms. The first-order valence-corrected chi connectivity index (χ1v) is 7.98. The number of piperidine rings is 1. The lowest BCUT2D eigenvalue weighted by atomic mass is 9.97. The van der Waals surface area contributed by atoms with E-state index < -0.39 is 0 Å². The van der Waals surface area contributed by atoms with Crippen LogP contribution >= 0.6 is 0 Å². The molecule has 1 heterocycles. The molecule has 4 heteroatoms. The summed E-state index contributed by atoms with van der Waals surface area (Å²) in [4.78, 5) is 2.43. The first-order chi connectivity index (χ1) is 10.2. The Labute approximate surface area is 127 Å². The molecule has 1 aromatic carbocycles. The number of nitrogens with one attached hydrogen (secondary N) is 1. The molecule has 0 spiro atoms. The van der Waals surface area contributed by atoms with Gasteiger partial charge in [-0.05, 0) is 62.5 Å². The van der Waals surface area contributed by atoms with E-state index in [9.17, 15) is 4.39 Å². The minimum atomic E-state index is -0.270. The number of halogens is 1. The van der Waals surface area contributed by atoms with Crippen LogP contribution < -0.4 is 10.1 Å². The van der Waals surface area contributed by atoms with E-state index in [4.69, 9.17) is 4.74 Å². The number of nitrogens with zero attached hydrogens (tertiary/aromatic N) is 1. The van der Waals surface area contributed by atoms with Crippen LogP contribution in [0.25, 0.3) is 0 Å². The van der Waals surface area contributed by atoms with Crippen LogP contribution in [0.3, 0.4) is 0 Å². The molecule has 0 amide bonds. The minimum Gasteiger partial charge on any atom is -0.494 e. The van der Waals surface area contributed by atoms with Crippen LogP contribution in [0.1, 0.15) is 31.7 Å². The fourth-order valence-corrected chi connectivity index (χ4v) is 3.01. The van der Waals surface area contributed by atoms with E-state index in [-0.39, 0.29) is 5.82 Å². The van der Waals surface area contributed by atoms with Crippen molar-refractivity contribution >= 4 is 0 Å². The van der Waals surface area contributed by atoms with Crippen molar-refractivity contribution in [3.63, 3.8) is 0 Å². The Hall–Kier alpha value is -1.13. The Balaban J connectivity index is 1.85. The normalized spacial score (nSPS) is 19.7. The second-order valence-electron chi connectivity index (χ2n) is 5.92. The molecule has 1 aromatic rings. The predicted octanol–water partition coefficient (Wildman–Crippen LogP) is 3.05. The average molecular weight is 294 g/mol. The topological polar surface area (TPSA) is 24.5 Å². The number of hydrogen-bond acceptors (Lipinski definition) is 3. The van der Waals surface area contributed by atoms with Gasteiger partial charge in [0.05, 0.1) is 7.11 Å². The van der Waals surface area contributed by atoms with Crippen molar-refractivity contribution < 1.29 is 9.13 Å². The van der Waals surface area contributed by atoms with Gasteiger partial charge in [0.15, 0.2) is 11.6 Å². The second-order valence-corrected chi connectivity index (χ2v) is 5.92. The molecule has 1 fully saturated rings. The maximum absolute atomic E-state index is 13.7. The number of hydrogen-bond donors (Lipinski definition) is 1. The summed E-state index contributed by atoms with van der Waals surface area (Å²) in [5, 5.41) is 3.51. The lowest BCUT2D eigenvalue weighted by Gasteiger charge is -2.33. The predicted molar refractivity (Wildman–Crippen MR) is 84.1 cm³/mol. The van der Waals surface area contributed by atoms with Crippen molar-refractivity contribution in [2.24, 2.45) is 5.92 Å². The van der Waals surface area contributed by atoms with E-state index in [2.05, 4.69) is 17.1 Å². The van der Waals surface area contributed by atoms with Crippen LogP contribution in [-0.2, 0) is 6.54 Å². The molecule has 0 radical (unpaired) electrons. The zero-order valence-corrected chi connectivity index (χ0v) is 13.2. The largest absolute Gasteiger partial charge is 0.494 e. The van der Waals surface area contributed by atoms with E-state index in [1.807, 2.05) is 6.07 Å². The second kappa shape index (κ2) is 8.35. The summed E-state index contributed by atoms with van der Waals surface area (Å²) in [6, 6.07) is 5.27. The van der Waals surface area contributed by atoms with Gasteiger partial charge < -0.3 is 10.1 Å². The van der Waals surface area contributed by atoms with Crippen LogP contribution in [0, 0.1) is 11.7 Å². The third-order valence-electron chi connectivity index (χ3n) is 4.09. The Kier molecular flexibility index (Phi) is 6.46. The number of methoxy groups -OCH3 is 1. The van der Waals surface area contributed by atoms with Gasteiger partial charge in [0, 0.05) is 13.1 Å². The van der Waals surface area contributed by atoms with E-state index in [0.717, 1.165) is 38.3 Å². The van der Waals surface area contributed by atoms with Crippen LogP contribution in [0.4, 0.5) is 4.39 Å². The Morgan fingerprint density at radius 1 is 1.43 bits per heavy atom. The molecule has 2 rings (SSSR count). The molecule has 118 valence electrons. The summed E-state index contributed by atoms with van der Waals surface area (Å²) in [7, 11) is 1.50. The molecule has 1 saturated heterocycles. The summed E-state index contributed by atoms with van der Waals surface area (Å²) in [6.45, 7) is 7.42. The fraction of sp³-hybridized carbons (Fsp3) is 0.647. The number of rotatable bonds is 7. The molecule has 1 atom stereocenters. The average Bonchev–Trinajstić information content (AvgIpc) is 2.48. The van der Waals surface area contributed by atoms with Crippen LogP contribution in [0.2, 0.25) is 0 Å². The van der Waals surface area contributed by atoms with Crippen LogP contribution in [0.15, 0.2) is 18.2 Å². The van der Waals surface area contributed by atoms with Crippen molar-refractivity contribution in [1.82, 2.24) is 10.2 Å². The number of likely N-dealkylation sites (tertiary alicyclic amines) is 1. The highest BCUT2D eigenvalue weighted by molar-refractivity contribution is 5.29. The maximum atomic E-state index is 13.7. The molecular formula is C17H27FN2O. The molecule has 0 aromatic heterocycles. The lowest BCUT2D eigenvalue weighted by molar-refractivity contribution is 0.165. The van der Waals surface area contributed by atoms with Crippen LogP contribution in [0.5, 0.6) is 5.75 Å². The van der Waals surface area contributed by atoms with E-state index >= 15 is 0 Å². The highest BCUT2D eigenvalue weighted by Gasteiger charge is 2.19. The molecule has 3 nitrogen and oxygen atoms in total. The fourth-order valence-electron chi connectivity index (χ4n) is 3.01. The molecule has 0 saturated carbocycles. The van der Waals surface area contributed by atoms with Gasteiger partial charge in [-0.2, -0.15) is 0 Å². The molecule has 1 N–H and O–H groups in total. The van der Waals surface area contributed by atoms with Crippen LogP contribution in [-0.4, -0.2) is 38.2 Å². The van der Waals surface area contributed by atoms with Crippen molar-refractivity contribution in [2.75, 3.05) is 33.3 Å². The quantitative estimate of drug-likeness (QED) is 0.782. The molecule has 0 aliphatic carbocycles. The standard InChI is InChI=1S/C17H27FN2O/c1-3-8-19-11-15-5-4-9-20(13-15)12-14-6-7-17(21-2)16(18)10-14/h6-7,10,15,19H,3-5,8-9,11-13H2,1-2H3. The number of benzene rings is 1. The minimum absolute atomic E-state index is 0.270. The van der Waals surface area contributed by atoms with Gasteiger partial charge >= 0.3 is 0 Å². The Morgan fingerprint density at radius 3 is 3.00 bits per heavy atom. The summed E-state index contributed by atoms with van der Waals surface area (Å²) >= 11 is 0.